The molecular formula is C16H24ClNO6S2. The van der Waals surface area contributed by atoms with Crippen molar-refractivity contribution in [3.05, 3.63) is 29.3 Å². The van der Waals surface area contributed by atoms with Gasteiger partial charge >= 0.3 is 5.97 Å². The van der Waals surface area contributed by atoms with Crippen LogP contribution in [-0.2, 0) is 29.4 Å². The molecule has 1 rings (SSSR count). The fourth-order valence-corrected chi connectivity index (χ4v) is 4.59. The van der Waals surface area contributed by atoms with Crippen molar-refractivity contribution in [1.29, 1.82) is 0 Å². The Hall–Kier alpha value is -1.16. The monoisotopic (exact) mass is 425 g/mol. The van der Waals surface area contributed by atoms with Crippen molar-refractivity contribution in [2.45, 2.75) is 37.5 Å². The Morgan fingerprint density at radius 2 is 1.65 bits per heavy atom. The minimum atomic E-state index is -3.57. The van der Waals surface area contributed by atoms with E-state index in [4.69, 9.17) is 11.6 Å². The van der Waals surface area contributed by atoms with Crippen molar-refractivity contribution < 1.29 is 26.4 Å². The van der Waals surface area contributed by atoms with Crippen LogP contribution in [0.15, 0.2) is 29.2 Å². The van der Waals surface area contributed by atoms with Gasteiger partial charge in [-0.15, -0.1) is 0 Å². The number of esters is 1. The van der Waals surface area contributed by atoms with Gasteiger partial charge in [0.1, 0.15) is 5.75 Å². The van der Waals surface area contributed by atoms with Crippen LogP contribution in [-0.4, -0.2) is 47.5 Å². The summed E-state index contributed by atoms with van der Waals surface area (Å²) in [4.78, 5) is 11.3. The molecule has 0 saturated heterocycles. The Labute approximate surface area is 160 Å². The lowest BCUT2D eigenvalue weighted by atomic mass is 10.2. The van der Waals surface area contributed by atoms with Gasteiger partial charge in [0.25, 0.3) is 0 Å². The van der Waals surface area contributed by atoms with E-state index in [1.807, 2.05) is 0 Å². The van der Waals surface area contributed by atoms with Crippen molar-refractivity contribution >= 4 is 37.4 Å². The van der Waals surface area contributed by atoms with E-state index in [0.29, 0.717) is 30.7 Å². The van der Waals surface area contributed by atoms with Crippen LogP contribution < -0.4 is 4.72 Å². The van der Waals surface area contributed by atoms with Crippen molar-refractivity contribution in [1.82, 2.24) is 4.72 Å². The quantitative estimate of drug-likeness (QED) is 0.406. The topological polar surface area (TPSA) is 107 Å². The molecule has 7 nitrogen and oxygen atoms in total. The molecule has 0 radical (unpaired) electrons. The maximum atomic E-state index is 12.0. The maximum Gasteiger partial charge on any atom is 0.321 e. The summed E-state index contributed by atoms with van der Waals surface area (Å²) in [5.74, 6) is -1.41. The molecule has 1 aromatic rings. The standard InChI is InChI=1S/C16H24ClNO6S2/c1-2-24-16(19)13-25(20,21)12-6-4-3-5-11-18-26(22,23)15-9-7-14(17)8-10-15/h7-10,18H,2-6,11-13H2,1H3. The SMILES string of the molecule is CCOC(=O)CS(=O)(=O)CCCCCCNS(=O)(=O)c1ccc(Cl)cc1. The number of unbranched alkanes of at least 4 members (excludes halogenated alkanes) is 3. The van der Waals surface area contributed by atoms with Crippen molar-refractivity contribution in [3.63, 3.8) is 0 Å². The summed E-state index contributed by atoms with van der Waals surface area (Å²) in [6.07, 6.45) is 2.32. The molecule has 0 bridgehead atoms. The van der Waals surface area contributed by atoms with E-state index in [9.17, 15) is 21.6 Å². The molecule has 10 heteroatoms. The van der Waals surface area contributed by atoms with Crippen LogP contribution >= 0.6 is 11.6 Å². The van der Waals surface area contributed by atoms with Gasteiger partial charge in [-0.1, -0.05) is 24.4 Å². The summed E-state index contributed by atoms with van der Waals surface area (Å²) in [5, 5.41) is 0.460. The Kier molecular flexibility index (Phi) is 9.56. The number of ether oxygens (including phenoxy) is 1. The van der Waals surface area contributed by atoms with Crippen LogP contribution in [0.2, 0.25) is 5.02 Å². The molecule has 0 unspecified atom stereocenters. The maximum absolute atomic E-state index is 12.0. The van der Waals surface area contributed by atoms with Gasteiger partial charge in [0, 0.05) is 11.6 Å². The second kappa shape index (κ2) is 10.9. The molecule has 1 aromatic carbocycles. The molecule has 1 N–H and O–H groups in total. The largest absolute Gasteiger partial charge is 0.465 e. The summed E-state index contributed by atoms with van der Waals surface area (Å²) in [5.41, 5.74) is 0. The van der Waals surface area contributed by atoms with Crippen LogP contribution in [0, 0.1) is 0 Å². The molecule has 0 spiro atoms. The number of nitrogens with one attached hydrogen (secondary N) is 1. The third-order valence-corrected chi connectivity index (χ3v) is 6.76. The highest BCUT2D eigenvalue weighted by atomic mass is 35.5. The van der Waals surface area contributed by atoms with E-state index in [2.05, 4.69) is 9.46 Å². The molecule has 0 aromatic heterocycles. The number of sulfonamides is 1. The van der Waals surface area contributed by atoms with E-state index in [-0.39, 0.29) is 23.8 Å². The molecule has 0 aliphatic rings. The highest BCUT2D eigenvalue weighted by molar-refractivity contribution is 7.92. The fraction of sp³-hybridized carbons (Fsp3) is 0.562. The first kappa shape index (κ1) is 22.9. The number of hydrogen-bond acceptors (Lipinski definition) is 6. The fourth-order valence-electron chi connectivity index (χ4n) is 2.16. The van der Waals surface area contributed by atoms with Gasteiger partial charge < -0.3 is 4.74 Å². The number of sulfone groups is 1. The average molecular weight is 426 g/mol. The number of hydrogen-bond donors (Lipinski definition) is 1. The summed E-state index contributed by atoms with van der Waals surface area (Å²) in [6.45, 7) is 2.03. The van der Waals surface area contributed by atoms with Crippen LogP contribution in [0.4, 0.5) is 0 Å². The van der Waals surface area contributed by atoms with Crippen LogP contribution in [0.5, 0.6) is 0 Å². The normalized spacial score (nSPS) is 12.1. The molecule has 0 amide bonds. The molecular weight excluding hydrogens is 402 g/mol. The number of benzene rings is 1. The Balaban J connectivity index is 2.23. The van der Waals surface area contributed by atoms with Crippen LogP contribution in [0.3, 0.4) is 0 Å². The van der Waals surface area contributed by atoms with Gasteiger partial charge in [-0.25, -0.2) is 21.6 Å². The van der Waals surface area contributed by atoms with E-state index in [1.54, 1.807) is 6.92 Å². The van der Waals surface area contributed by atoms with Gasteiger partial charge in [0.15, 0.2) is 9.84 Å². The first-order chi connectivity index (χ1) is 12.2. The van der Waals surface area contributed by atoms with E-state index >= 15 is 0 Å². The summed E-state index contributed by atoms with van der Waals surface area (Å²) in [6, 6.07) is 5.87. The molecule has 0 aliphatic heterocycles. The average Bonchev–Trinajstić information content (AvgIpc) is 2.54. The Bertz CT molecular complexity index is 775. The third-order valence-electron chi connectivity index (χ3n) is 3.44. The van der Waals surface area contributed by atoms with Crippen molar-refractivity contribution in [2.24, 2.45) is 0 Å². The zero-order chi connectivity index (χ0) is 19.6. The van der Waals surface area contributed by atoms with Crippen LogP contribution in [0.25, 0.3) is 0 Å². The van der Waals surface area contributed by atoms with Gasteiger partial charge in [-0.05, 0) is 44.0 Å². The molecule has 148 valence electrons. The summed E-state index contributed by atoms with van der Waals surface area (Å²) >= 11 is 5.73. The molecule has 0 atom stereocenters. The number of carbonyl (C=O) groups excluding carboxylic acids is 1. The number of rotatable bonds is 12. The summed E-state index contributed by atoms with van der Waals surface area (Å²) < 4.78 is 54.6. The lowest BCUT2D eigenvalue weighted by Gasteiger charge is -2.07. The van der Waals surface area contributed by atoms with Gasteiger partial charge in [-0.3, -0.25) is 4.79 Å². The predicted molar refractivity (Wildman–Crippen MR) is 100 cm³/mol. The highest BCUT2D eigenvalue weighted by Gasteiger charge is 2.17. The zero-order valence-corrected chi connectivity index (χ0v) is 17.0. The first-order valence-electron chi connectivity index (χ1n) is 8.27. The minimum Gasteiger partial charge on any atom is -0.465 e. The third kappa shape index (κ3) is 8.98. The van der Waals surface area contributed by atoms with Crippen molar-refractivity contribution in [2.75, 3.05) is 24.7 Å². The lowest BCUT2D eigenvalue weighted by Crippen LogP contribution is -2.24. The van der Waals surface area contributed by atoms with E-state index in [1.165, 1.54) is 24.3 Å². The highest BCUT2D eigenvalue weighted by Crippen LogP contribution is 2.14. The van der Waals surface area contributed by atoms with Gasteiger partial charge in [0.05, 0.1) is 17.3 Å². The van der Waals surface area contributed by atoms with E-state index < -0.39 is 31.6 Å². The summed E-state index contributed by atoms with van der Waals surface area (Å²) in [7, 11) is -7.02. The van der Waals surface area contributed by atoms with Crippen LogP contribution in [0.1, 0.15) is 32.6 Å². The predicted octanol–water partition coefficient (Wildman–Crippen LogP) is 2.16. The van der Waals surface area contributed by atoms with Gasteiger partial charge in [-0.2, -0.15) is 0 Å². The molecule has 26 heavy (non-hydrogen) atoms. The van der Waals surface area contributed by atoms with Crippen molar-refractivity contribution in [3.8, 4) is 0 Å². The van der Waals surface area contributed by atoms with E-state index in [0.717, 1.165) is 0 Å². The first-order valence-corrected chi connectivity index (χ1v) is 12.0. The second-order valence-electron chi connectivity index (χ2n) is 5.66. The number of carbonyl (C=O) groups is 1. The van der Waals surface area contributed by atoms with Gasteiger partial charge in [0.2, 0.25) is 10.0 Å². The minimum absolute atomic E-state index is 0.0810. The molecule has 0 fully saturated rings. The molecule has 0 saturated carbocycles. The molecule has 0 heterocycles. The number of halogens is 1. The smallest absolute Gasteiger partial charge is 0.321 e. The lowest BCUT2D eigenvalue weighted by molar-refractivity contribution is -0.139. The Morgan fingerprint density at radius 3 is 2.27 bits per heavy atom. The zero-order valence-electron chi connectivity index (χ0n) is 14.6. The Morgan fingerprint density at radius 1 is 1.04 bits per heavy atom. The molecule has 0 aliphatic carbocycles. The second-order valence-corrected chi connectivity index (χ2v) is 10.1.